The number of hydrogen-bond donors (Lipinski definition) is 1. The van der Waals surface area contributed by atoms with Crippen molar-refractivity contribution in [2.75, 3.05) is 19.6 Å². The summed E-state index contributed by atoms with van der Waals surface area (Å²) in [5, 5.41) is 7.28. The van der Waals surface area contributed by atoms with Gasteiger partial charge in [-0.1, -0.05) is 48.5 Å². The number of carbonyl (C=O) groups is 1. The van der Waals surface area contributed by atoms with Crippen molar-refractivity contribution in [2.45, 2.75) is 18.9 Å². The first kappa shape index (κ1) is 19.1. The van der Waals surface area contributed by atoms with Crippen molar-refractivity contribution in [3.8, 4) is 5.69 Å². The number of nitrogens with zero attached hydrogens (tertiary/aromatic N) is 3. The van der Waals surface area contributed by atoms with Crippen LogP contribution in [0.25, 0.3) is 5.69 Å². The Kier molecular flexibility index (Phi) is 5.81. The SMILES string of the molecule is O=C(NCC(c1ccccc1)N1CCCC1)c1ccc(=O)n(-c2ccccc2)n1. The number of carbonyl (C=O) groups excluding carboxylic acids is 1. The minimum atomic E-state index is -0.283. The van der Waals surface area contributed by atoms with Crippen molar-refractivity contribution in [3.63, 3.8) is 0 Å². The van der Waals surface area contributed by atoms with Gasteiger partial charge in [-0.15, -0.1) is 0 Å². The van der Waals surface area contributed by atoms with Crippen molar-refractivity contribution in [1.29, 1.82) is 0 Å². The third kappa shape index (κ3) is 4.43. The third-order valence-corrected chi connectivity index (χ3v) is 5.26. The van der Waals surface area contributed by atoms with Crippen molar-refractivity contribution in [3.05, 3.63) is 94.4 Å². The predicted octanol–water partition coefficient (Wildman–Crippen LogP) is 2.80. The molecule has 1 aliphatic heterocycles. The van der Waals surface area contributed by atoms with Crippen LogP contribution in [0.3, 0.4) is 0 Å². The third-order valence-electron chi connectivity index (χ3n) is 5.26. The summed E-state index contributed by atoms with van der Waals surface area (Å²) in [7, 11) is 0. The Labute approximate surface area is 169 Å². The second-order valence-corrected chi connectivity index (χ2v) is 7.18. The molecule has 1 unspecified atom stereocenters. The van der Waals surface area contributed by atoms with Crippen LogP contribution in [0.1, 0.15) is 34.9 Å². The molecular formula is C23H24N4O2. The van der Waals surface area contributed by atoms with Crippen molar-refractivity contribution < 1.29 is 4.79 Å². The highest BCUT2D eigenvalue weighted by Gasteiger charge is 2.24. The Balaban J connectivity index is 1.52. The molecule has 148 valence electrons. The fraction of sp³-hybridized carbons (Fsp3) is 0.261. The number of amides is 1. The molecule has 0 radical (unpaired) electrons. The van der Waals surface area contributed by atoms with Gasteiger partial charge in [0.1, 0.15) is 5.69 Å². The van der Waals surface area contributed by atoms with Crippen LogP contribution in [0.4, 0.5) is 0 Å². The highest BCUT2D eigenvalue weighted by molar-refractivity contribution is 5.92. The van der Waals surface area contributed by atoms with E-state index in [0.29, 0.717) is 12.2 Å². The molecule has 1 aliphatic rings. The average Bonchev–Trinajstić information content (AvgIpc) is 3.30. The summed E-state index contributed by atoms with van der Waals surface area (Å²) in [6, 6.07) is 22.3. The largest absolute Gasteiger partial charge is 0.349 e. The number of nitrogens with one attached hydrogen (secondary N) is 1. The topological polar surface area (TPSA) is 67.2 Å². The average molecular weight is 388 g/mol. The van der Waals surface area contributed by atoms with Gasteiger partial charge in [-0.25, -0.2) is 0 Å². The van der Waals surface area contributed by atoms with Crippen LogP contribution in [-0.4, -0.2) is 40.2 Å². The van der Waals surface area contributed by atoms with Crippen LogP contribution in [0.5, 0.6) is 0 Å². The molecule has 0 aliphatic carbocycles. The summed E-state index contributed by atoms with van der Waals surface area (Å²) in [4.78, 5) is 27.4. The fourth-order valence-electron chi connectivity index (χ4n) is 3.75. The molecule has 1 saturated heterocycles. The molecule has 29 heavy (non-hydrogen) atoms. The first-order valence-corrected chi connectivity index (χ1v) is 9.95. The molecule has 2 aromatic carbocycles. The number of para-hydroxylation sites is 1. The lowest BCUT2D eigenvalue weighted by atomic mass is 10.1. The first-order valence-electron chi connectivity index (χ1n) is 9.95. The van der Waals surface area contributed by atoms with E-state index >= 15 is 0 Å². The second kappa shape index (κ2) is 8.84. The van der Waals surface area contributed by atoms with E-state index in [4.69, 9.17) is 0 Å². The van der Waals surface area contributed by atoms with E-state index in [1.807, 2.05) is 36.4 Å². The zero-order valence-corrected chi connectivity index (χ0v) is 16.2. The molecule has 0 saturated carbocycles. The van der Waals surface area contributed by atoms with Gasteiger partial charge in [0.05, 0.1) is 11.7 Å². The summed E-state index contributed by atoms with van der Waals surface area (Å²) in [6.07, 6.45) is 2.36. The predicted molar refractivity (Wildman–Crippen MR) is 112 cm³/mol. The molecule has 1 aromatic heterocycles. The van der Waals surface area contributed by atoms with Gasteiger partial charge in [0.15, 0.2) is 0 Å². The second-order valence-electron chi connectivity index (χ2n) is 7.18. The molecule has 4 rings (SSSR count). The lowest BCUT2D eigenvalue weighted by Gasteiger charge is -2.28. The van der Waals surface area contributed by atoms with Gasteiger partial charge < -0.3 is 5.32 Å². The lowest BCUT2D eigenvalue weighted by molar-refractivity contribution is 0.0931. The standard InChI is InChI=1S/C23H24N4O2/c28-22-14-13-20(25-27(22)19-11-5-2-6-12-19)23(29)24-17-21(26-15-7-8-16-26)18-9-3-1-4-10-18/h1-6,9-14,21H,7-8,15-17H2,(H,24,29). The fourth-order valence-corrected chi connectivity index (χ4v) is 3.75. The number of benzene rings is 2. The Morgan fingerprint density at radius 3 is 2.28 bits per heavy atom. The van der Waals surface area contributed by atoms with Gasteiger partial charge >= 0.3 is 0 Å². The van der Waals surface area contributed by atoms with Gasteiger partial charge in [-0.3, -0.25) is 14.5 Å². The van der Waals surface area contributed by atoms with Crippen molar-refractivity contribution in [1.82, 2.24) is 20.0 Å². The molecule has 6 nitrogen and oxygen atoms in total. The number of hydrogen-bond acceptors (Lipinski definition) is 4. The summed E-state index contributed by atoms with van der Waals surface area (Å²) < 4.78 is 1.25. The normalized spacial score (nSPS) is 15.2. The Bertz CT molecular complexity index is 1010. The van der Waals surface area contributed by atoms with Crippen LogP contribution in [0.15, 0.2) is 77.6 Å². The molecule has 1 atom stereocenters. The summed E-state index contributed by atoms with van der Waals surface area (Å²) >= 11 is 0. The van der Waals surface area contributed by atoms with Crippen LogP contribution in [0, 0.1) is 0 Å². The molecule has 6 heteroatoms. The van der Waals surface area contributed by atoms with Crippen LogP contribution in [0.2, 0.25) is 0 Å². The molecule has 1 fully saturated rings. The van der Waals surface area contributed by atoms with Gasteiger partial charge in [0.25, 0.3) is 11.5 Å². The van der Waals surface area contributed by atoms with Gasteiger partial charge in [0.2, 0.25) is 0 Å². The van der Waals surface area contributed by atoms with Crippen LogP contribution < -0.4 is 10.9 Å². The highest BCUT2D eigenvalue weighted by atomic mass is 16.2. The molecule has 0 bridgehead atoms. The molecule has 1 amide bonds. The first-order chi connectivity index (χ1) is 14.2. The maximum atomic E-state index is 12.8. The highest BCUT2D eigenvalue weighted by Crippen LogP contribution is 2.24. The van der Waals surface area contributed by atoms with E-state index in [9.17, 15) is 9.59 Å². The number of rotatable bonds is 6. The Morgan fingerprint density at radius 1 is 0.931 bits per heavy atom. The number of likely N-dealkylation sites (tertiary alicyclic amines) is 1. The Hall–Kier alpha value is -3.25. The van der Waals surface area contributed by atoms with Crippen LogP contribution in [-0.2, 0) is 0 Å². The van der Waals surface area contributed by atoms with E-state index in [-0.39, 0.29) is 23.2 Å². The minimum Gasteiger partial charge on any atom is -0.349 e. The smallest absolute Gasteiger partial charge is 0.271 e. The molecular weight excluding hydrogens is 364 g/mol. The van der Waals surface area contributed by atoms with E-state index in [1.165, 1.54) is 35.2 Å². The summed E-state index contributed by atoms with van der Waals surface area (Å²) in [5.74, 6) is -0.283. The van der Waals surface area contributed by atoms with E-state index in [0.717, 1.165) is 13.1 Å². The maximum Gasteiger partial charge on any atom is 0.271 e. The zero-order chi connectivity index (χ0) is 20.1. The summed E-state index contributed by atoms with van der Waals surface area (Å²) in [6.45, 7) is 2.56. The molecule has 1 N–H and O–H groups in total. The van der Waals surface area contributed by atoms with Gasteiger partial charge in [-0.05, 0) is 49.7 Å². The molecule has 0 spiro atoms. The van der Waals surface area contributed by atoms with Crippen molar-refractivity contribution in [2.24, 2.45) is 0 Å². The van der Waals surface area contributed by atoms with Gasteiger partial charge in [0, 0.05) is 12.6 Å². The lowest BCUT2D eigenvalue weighted by Crippen LogP contribution is -2.37. The van der Waals surface area contributed by atoms with E-state index < -0.39 is 0 Å². The Morgan fingerprint density at radius 2 is 1.59 bits per heavy atom. The number of aromatic nitrogens is 2. The van der Waals surface area contributed by atoms with E-state index in [2.05, 4.69) is 27.4 Å². The van der Waals surface area contributed by atoms with Crippen LogP contribution >= 0.6 is 0 Å². The quantitative estimate of drug-likeness (QED) is 0.705. The van der Waals surface area contributed by atoms with E-state index in [1.54, 1.807) is 12.1 Å². The maximum absolute atomic E-state index is 12.8. The molecule has 2 heterocycles. The minimum absolute atomic E-state index is 0.127. The monoisotopic (exact) mass is 388 g/mol. The zero-order valence-electron chi connectivity index (χ0n) is 16.2. The van der Waals surface area contributed by atoms with Crippen molar-refractivity contribution >= 4 is 5.91 Å². The van der Waals surface area contributed by atoms with Gasteiger partial charge in [-0.2, -0.15) is 9.78 Å². The molecule has 3 aromatic rings. The summed E-state index contributed by atoms with van der Waals surface area (Å²) in [5.41, 5.74) is 1.77.